The number of ether oxygens (including phenoxy) is 1. The predicted molar refractivity (Wildman–Crippen MR) is 110 cm³/mol. The van der Waals surface area contributed by atoms with Crippen LogP contribution < -0.4 is 10.1 Å². The monoisotopic (exact) mass is 404 g/mol. The van der Waals surface area contributed by atoms with E-state index in [-0.39, 0.29) is 0 Å². The minimum absolute atomic E-state index is 0.645. The summed E-state index contributed by atoms with van der Waals surface area (Å²) in [6, 6.07) is 12.8. The Hall–Kier alpha value is -1.74. The summed E-state index contributed by atoms with van der Waals surface area (Å²) in [6.45, 7) is 1.68. The molecule has 0 aliphatic heterocycles. The first kappa shape index (κ1) is 17.7. The maximum atomic E-state index is 5.55. The highest BCUT2D eigenvalue weighted by Crippen LogP contribution is 2.31. The Morgan fingerprint density at radius 1 is 1.31 bits per heavy atom. The van der Waals surface area contributed by atoms with Gasteiger partial charge in [-0.05, 0) is 48.6 Å². The molecule has 1 aromatic carbocycles. The second-order valence-electron chi connectivity index (χ2n) is 6.20. The van der Waals surface area contributed by atoms with Gasteiger partial charge in [-0.15, -0.1) is 16.4 Å². The van der Waals surface area contributed by atoms with Gasteiger partial charge in [-0.1, -0.05) is 29.5 Å². The predicted octanol–water partition coefficient (Wildman–Crippen LogP) is 5.11. The average Bonchev–Trinajstić information content (AvgIpc) is 3.27. The minimum Gasteiger partial charge on any atom is -0.495 e. The minimum atomic E-state index is 0.645. The number of hydrogen-bond donors (Lipinski definition) is 1. The number of nitrogens with one attached hydrogen (secondary N) is 1. The molecular formula is C18H20N4OS3. The molecule has 0 unspecified atom stereocenters. The quantitative estimate of drug-likeness (QED) is 0.529. The van der Waals surface area contributed by atoms with Gasteiger partial charge in [0, 0.05) is 17.5 Å². The fraction of sp³-hybridized carbons (Fsp3) is 0.333. The Morgan fingerprint density at radius 2 is 2.15 bits per heavy atom. The van der Waals surface area contributed by atoms with E-state index in [4.69, 9.17) is 17.0 Å². The third kappa shape index (κ3) is 4.15. The molecule has 26 heavy (non-hydrogen) atoms. The van der Waals surface area contributed by atoms with Crippen LogP contribution in [0.15, 0.2) is 41.8 Å². The van der Waals surface area contributed by atoms with Gasteiger partial charge < -0.3 is 10.1 Å². The Kier molecular flexibility index (Phi) is 5.35. The van der Waals surface area contributed by atoms with E-state index in [0.29, 0.717) is 6.04 Å². The number of para-hydroxylation sites is 2. The lowest BCUT2D eigenvalue weighted by Gasteiger charge is -2.20. The van der Waals surface area contributed by atoms with Crippen molar-refractivity contribution in [1.29, 1.82) is 0 Å². The lowest BCUT2D eigenvalue weighted by atomic mass is 10.3. The molecule has 1 fully saturated rings. The smallest absolute Gasteiger partial charge is 0.209 e. The number of rotatable bonds is 8. The summed E-state index contributed by atoms with van der Waals surface area (Å²) in [5.74, 6) is 0.789. The van der Waals surface area contributed by atoms with E-state index in [1.807, 2.05) is 28.9 Å². The molecule has 136 valence electrons. The van der Waals surface area contributed by atoms with Crippen LogP contribution in [0.4, 0.5) is 10.8 Å². The van der Waals surface area contributed by atoms with E-state index in [9.17, 15) is 0 Å². The number of anilines is 2. The van der Waals surface area contributed by atoms with Crippen LogP contribution in [-0.2, 0) is 13.2 Å². The summed E-state index contributed by atoms with van der Waals surface area (Å²) < 4.78 is 8.09. The van der Waals surface area contributed by atoms with Crippen LogP contribution in [0.3, 0.4) is 0 Å². The first-order chi connectivity index (χ1) is 12.7. The third-order valence-electron chi connectivity index (χ3n) is 4.27. The third-order valence-corrected chi connectivity index (χ3v) is 6.36. The number of aromatic nitrogens is 2. The molecule has 1 aliphatic carbocycles. The molecule has 0 atom stereocenters. The van der Waals surface area contributed by atoms with Crippen LogP contribution in [0.2, 0.25) is 0 Å². The normalized spacial score (nSPS) is 13.9. The van der Waals surface area contributed by atoms with Crippen molar-refractivity contribution in [3.05, 3.63) is 50.6 Å². The molecule has 4 rings (SSSR count). The van der Waals surface area contributed by atoms with Gasteiger partial charge in [-0.2, -0.15) is 0 Å². The van der Waals surface area contributed by atoms with Crippen molar-refractivity contribution in [3.8, 4) is 5.75 Å². The molecule has 3 aromatic rings. The molecule has 8 heteroatoms. The Bertz CT molecular complexity index is 915. The average molecular weight is 405 g/mol. The number of methoxy groups -OCH3 is 1. The van der Waals surface area contributed by atoms with Crippen molar-refractivity contribution < 1.29 is 4.74 Å². The fourth-order valence-corrected chi connectivity index (χ4v) is 4.55. The topological polar surface area (TPSA) is 42.3 Å². The lowest BCUT2D eigenvalue weighted by Crippen LogP contribution is -2.28. The van der Waals surface area contributed by atoms with Gasteiger partial charge in [0.1, 0.15) is 5.75 Å². The first-order valence-electron chi connectivity index (χ1n) is 8.47. The molecule has 0 saturated heterocycles. The van der Waals surface area contributed by atoms with Crippen LogP contribution in [-0.4, -0.2) is 27.8 Å². The number of hydrogen-bond acceptors (Lipinski definition) is 7. The molecule has 2 aromatic heterocycles. The van der Waals surface area contributed by atoms with Crippen LogP contribution in [0, 0.1) is 3.95 Å². The highest BCUT2D eigenvalue weighted by molar-refractivity contribution is 7.73. The zero-order chi connectivity index (χ0) is 17.9. The maximum absolute atomic E-state index is 5.55. The SMILES string of the molecule is COc1ccccc1Nc1nn(CN(Cc2cccs2)C2CC2)c(=S)s1. The highest BCUT2D eigenvalue weighted by Gasteiger charge is 2.29. The summed E-state index contributed by atoms with van der Waals surface area (Å²) in [5.41, 5.74) is 0.892. The van der Waals surface area contributed by atoms with E-state index in [2.05, 4.69) is 32.8 Å². The Morgan fingerprint density at radius 3 is 2.88 bits per heavy atom. The highest BCUT2D eigenvalue weighted by atomic mass is 32.1. The van der Waals surface area contributed by atoms with Gasteiger partial charge in [-0.3, -0.25) is 4.90 Å². The van der Waals surface area contributed by atoms with Crippen molar-refractivity contribution in [2.24, 2.45) is 0 Å². The molecule has 1 aliphatic rings. The lowest BCUT2D eigenvalue weighted by molar-refractivity contribution is 0.189. The van der Waals surface area contributed by atoms with Crippen LogP contribution >= 0.6 is 34.9 Å². The summed E-state index contributed by atoms with van der Waals surface area (Å²) in [7, 11) is 1.67. The molecule has 2 heterocycles. The molecule has 0 radical (unpaired) electrons. The zero-order valence-electron chi connectivity index (χ0n) is 14.4. The van der Waals surface area contributed by atoms with Gasteiger partial charge in [0.05, 0.1) is 19.5 Å². The van der Waals surface area contributed by atoms with Crippen molar-refractivity contribution in [2.75, 3.05) is 12.4 Å². The molecule has 1 saturated carbocycles. The van der Waals surface area contributed by atoms with E-state index < -0.39 is 0 Å². The summed E-state index contributed by atoms with van der Waals surface area (Å²) >= 11 is 8.83. The molecule has 1 N–H and O–H groups in total. The van der Waals surface area contributed by atoms with E-state index in [1.165, 1.54) is 29.1 Å². The van der Waals surface area contributed by atoms with Crippen molar-refractivity contribution in [1.82, 2.24) is 14.7 Å². The van der Waals surface area contributed by atoms with Crippen molar-refractivity contribution in [2.45, 2.75) is 32.1 Å². The van der Waals surface area contributed by atoms with Gasteiger partial charge in [0.2, 0.25) is 5.13 Å². The molecule has 5 nitrogen and oxygen atoms in total. The Balaban J connectivity index is 1.49. The van der Waals surface area contributed by atoms with Gasteiger partial charge in [0.25, 0.3) is 0 Å². The summed E-state index contributed by atoms with van der Waals surface area (Å²) in [6.07, 6.45) is 2.52. The fourth-order valence-electron chi connectivity index (χ4n) is 2.82. The molecule has 0 amide bonds. The maximum Gasteiger partial charge on any atom is 0.209 e. The number of thiophene rings is 1. The molecule has 0 bridgehead atoms. The van der Waals surface area contributed by atoms with E-state index in [1.54, 1.807) is 18.4 Å². The van der Waals surface area contributed by atoms with Crippen LogP contribution in [0.25, 0.3) is 0 Å². The largest absolute Gasteiger partial charge is 0.495 e. The van der Waals surface area contributed by atoms with Gasteiger partial charge in [0.15, 0.2) is 3.95 Å². The number of nitrogens with zero attached hydrogens (tertiary/aromatic N) is 3. The van der Waals surface area contributed by atoms with Gasteiger partial charge >= 0.3 is 0 Å². The number of benzene rings is 1. The van der Waals surface area contributed by atoms with Crippen LogP contribution in [0.5, 0.6) is 5.75 Å². The van der Waals surface area contributed by atoms with E-state index >= 15 is 0 Å². The van der Waals surface area contributed by atoms with Crippen LogP contribution in [0.1, 0.15) is 17.7 Å². The van der Waals surface area contributed by atoms with Crippen molar-refractivity contribution in [3.63, 3.8) is 0 Å². The summed E-state index contributed by atoms with van der Waals surface area (Å²) in [4.78, 5) is 3.85. The van der Waals surface area contributed by atoms with Crippen molar-refractivity contribution >= 4 is 45.7 Å². The molecular weight excluding hydrogens is 384 g/mol. The van der Waals surface area contributed by atoms with Gasteiger partial charge in [-0.25, -0.2) is 4.68 Å². The Labute approximate surface area is 165 Å². The zero-order valence-corrected chi connectivity index (χ0v) is 16.9. The first-order valence-corrected chi connectivity index (χ1v) is 10.6. The second kappa shape index (κ2) is 7.87. The molecule has 0 spiro atoms. The standard InChI is InChI=1S/C18H20N4OS3/c1-23-16-7-3-2-6-15(16)19-17-20-22(18(24)26-17)12-21(13-8-9-13)11-14-5-4-10-25-14/h2-7,10,13H,8-9,11-12H2,1H3,(H,19,20). The summed E-state index contributed by atoms with van der Waals surface area (Å²) in [5, 5.41) is 10.9. The van der Waals surface area contributed by atoms with E-state index in [0.717, 1.165) is 33.7 Å². The second-order valence-corrected chi connectivity index (χ2v) is 8.85.